The number of rotatable bonds is 14. The van der Waals surface area contributed by atoms with E-state index >= 15 is 0 Å². The van der Waals surface area contributed by atoms with Crippen molar-refractivity contribution in [1.29, 1.82) is 0 Å². The standard InChI is InChI=1S/C31H48N12O8/c1-38-6-13-42(14-7-38)31-35-29(34-30(36-31)37-32)33-23-4-2-22(3-5-23)16-24-17-41(20-27(48)49)11-10-39(18-25(44)45)8-9-40(19-26(46)47)12-15-43(24)21-28(50)51/h2-5,24H,6-21,32H2,1H3,(H,44,45)(H,46,47)(H,48,49)(H,50,51)(H2,33,34,35,36,37). The van der Waals surface area contributed by atoms with Crippen molar-refractivity contribution in [1.82, 2.24) is 39.5 Å². The fraction of sp³-hybridized carbons (Fsp3) is 0.581. The van der Waals surface area contributed by atoms with Crippen LogP contribution >= 0.6 is 0 Å². The summed E-state index contributed by atoms with van der Waals surface area (Å²) in [6.07, 6.45) is 0.349. The number of hydrogen-bond donors (Lipinski definition) is 7. The maximum Gasteiger partial charge on any atom is 0.317 e. The van der Waals surface area contributed by atoms with Gasteiger partial charge >= 0.3 is 23.9 Å². The predicted molar refractivity (Wildman–Crippen MR) is 186 cm³/mol. The summed E-state index contributed by atoms with van der Waals surface area (Å²) in [5.74, 6) is 2.37. The van der Waals surface area contributed by atoms with Crippen LogP contribution in [0.1, 0.15) is 5.56 Å². The highest BCUT2D eigenvalue weighted by Gasteiger charge is 2.28. The molecule has 0 amide bonds. The smallest absolute Gasteiger partial charge is 0.317 e. The van der Waals surface area contributed by atoms with E-state index in [9.17, 15) is 39.6 Å². The molecule has 0 aliphatic carbocycles. The van der Waals surface area contributed by atoms with Crippen molar-refractivity contribution in [2.75, 3.05) is 121 Å². The van der Waals surface area contributed by atoms with Crippen LogP contribution in [-0.2, 0) is 25.6 Å². The summed E-state index contributed by atoms with van der Waals surface area (Å²) in [5.41, 5.74) is 4.01. The van der Waals surface area contributed by atoms with Gasteiger partial charge in [-0.15, -0.1) is 0 Å². The van der Waals surface area contributed by atoms with Crippen LogP contribution in [0.2, 0.25) is 0 Å². The van der Waals surface area contributed by atoms with Gasteiger partial charge in [0, 0.05) is 83.7 Å². The Labute approximate surface area is 295 Å². The van der Waals surface area contributed by atoms with Gasteiger partial charge in [0.25, 0.3) is 0 Å². The molecule has 0 spiro atoms. The number of carboxylic acids is 4. The molecule has 2 aromatic rings. The molecule has 51 heavy (non-hydrogen) atoms. The third kappa shape index (κ3) is 13.2. The maximum atomic E-state index is 12.0. The third-order valence-corrected chi connectivity index (χ3v) is 8.79. The summed E-state index contributed by atoms with van der Waals surface area (Å²) in [6, 6.07) is 6.92. The lowest BCUT2D eigenvalue weighted by Crippen LogP contribution is -2.53. The number of carbonyl (C=O) groups is 4. The van der Waals surface area contributed by atoms with Crippen LogP contribution in [0.3, 0.4) is 0 Å². The number of aliphatic carboxylic acids is 4. The summed E-state index contributed by atoms with van der Waals surface area (Å²) < 4.78 is 0. The lowest BCUT2D eigenvalue weighted by atomic mass is 10.0. The zero-order valence-electron chi connectivity index (χ0n) is 28.7. The Balaban J connectivity index is 1.56. The number of benzene rings is 1. The van der Waals surface area contributed by atoms with E-state index in [0.29, 0.717) is 24.0 Å². The molecule has 2 aliphatic heterocycles. The summed E-state index contributed by atoms with van der Waals surface area (Å²) >= 11 is 0. The van der Waals surface area contributed by atoms with Crippen molar-refractivity contribution >= 4 is 47.4 Å². The minimum Gasteiger partial charge on any atom is -0.480 e. The Morgan fingerprint density at radius 1 is 0.686 bits per heavy atom. The molecule has 4 rings (SSSR count). The minimum absolute atomic E-state index is 0.175. The van der Waals surface area contributed by atoms with Gasteiger partial charge in [-0.25, -0.2) is 5.84 Å². The van der Waals surface area contributed by atoms with Crippen molar-refractivity contribution < 1.29 is 39.6 Å². The number of carboxylic acid groups (broad SMARTS) is 4. The molecule has 1 atom stereocenters. The molecule has 2 fully saturated rings. The largest absolute Gasteiger partial charge is 0.480 e. The first-order valence-corrected chi connectivity index (χ1v) is 16.7. The Hall–Kier alpha value is -4.73. The summed E-state index contributed by atoms with van der Waals surface area (Å²) in [6.45, 7) is 3.46. The van der Waals surface area contributed by atoms with Crippen LogP contribution in [0, 0.1) is 0 Å². The molecule has 8 N–H and O–H groups in total. The van der Waals surface area contributed by atoms with Gasteiger partial charge in [-0.3, -0.25) is 44.2 Å². The van der Waals surface area contributed by atoms with E-state index in [-0.39, 0.29) is 77.9 Å². The average molecular weight is 717 g/mol. The normalized spacial score (nSPS) is 19.5. The highest BCUT2D eigenvalue weighted by molar-refractivity contribution is 5.70. The minimum atomic E-state index is -1.08. The lowest BCUT2D eigenvalue weighted by Gasteiger charge is -2.37. The van der Waals surface area contributed by atoms with Crippen molar-refractivity contribution in [3.8, 4) is 0 Å². The molecular weight excluding hydrogens is 668 g/mol. The zero-order valence-corrected chi connectivity index (χ0v) is 28.7. The second kappa shape index (κ2) is 19.0. The zero-order chi connectivity index (χ0) is 36.9. The second-order valence-corrected chi connectivity index (χ2v) is 12.7. The molecule has 3 heterocycles. The van der Waals surface area contributed by atoms with Gasteiger partial charge in [-0.05, 0) is 31.2 Å². The highest BCUT2D eigenvalue weighted by Crippen LogP contribution is 2.21. The Morgan fingerprint density at radius 3 is 1.75 bits per heavy atom. The second-order valence-electron chi connectivity index (χ2n) is 12.7. The van der Waals surface area contributed by atoms with E-state index in [1.807, 2.05) is 24.3 Å². The fourth-order valence-electron chi connectivity index (χ4n) is 6.11. The fourth-order valence-corrected chi connectivity index (χ4v) is 6.11. The van der Waals surface area contributed by atoms with Crippen molar-refractivity contribution in [3.05, 3.63) is 29.8 Å². The number of nitrogens with zero attached hydrogens (tertiary/aromatic N) is 9. The van der Waals surface area contributed by atoms with Crippen LogP contribution < -0.4 is 21.5 Å². The quantitative estimate of drug-likeness (QED) is 0.0834. The van der Waals surface area contributed by atoms with E-state index in [1.165, 1.54) is 0 Å². The maximum absolute atomic E-state index is 12.0. The number of nitrogen functional groups attached to an aromatic ring is 1. The first kappa shape index (κ1) is 39.1. The number of nitrogens with two attached hydrogens (primary N) is 1. The van der Waals surface area contributed by atoms with Crippen molar-refractivity contribution in [2.24, 2.45) is 5.84 Å². The number of nitrogens with one attached hydrogen (secondary N) is 2. The van der Waals surface area contributed by atoms with E-state index in [0.717, 1.165) is 31.7 Å². The van der Waals surface area contributed by atoms with Crippen LogP contribution in [0.25, 0.3) is 0 Å². The van der Waals surface area contributed by atoms with Gasteiger partial charge in [-0.1, -0.05) is 12.1 Å². The number of hydrogen-bond acceptors (Lipinski definition) is 16. The van der Waals surface area contributed by atoms with Crippen molar-refractivity contribution in [2.45, 2.75) is 12.5 Å². The molecule has 0 saturated carbocycles. The van der Waals surface area contributed by atoms with Crippen LogP contribution in [0.15, 0.2) is 24.3 Å². The van der Waals surface area contributed by atoms with Gasteiger partial charge in [-0.2, -0.15) is 15.0 Å². The molecule has 1 aromatic carbocycles. The van der Waals surface area contributed by atoms with E-state index < -0.39 is 29.9 Å². The van der Waals surface area contributed by atoms with Gasteiger partial charge in [0.15, 0.2) is 0 Å². The summed E-state index contributed by atoms with van der Waals surface area (Å²) in [7, 11) is 2.06. The number of piperazine rings is 1. The molecule has 1 aromatic heterocycles. The van der Waals surface area contributed by atoms with Gasteiger partial charge in [0.05, 0.1) is 26.2 Å². The molecular formula is C31H48N12O8. The topological polar surface area (TPSA) is 257 Å². The Bertz CT molecular complexity index is 1480. The van der Waals surface area contributed by atoms with Gasteiger partial charge < -0.3 is 35.5 Å². The van der Waals surface area contributed by atoms with Gasteiger partial charge in [0.2, 0.25) is 17.8 Å². The average Bonchev–Trinajstić information content (AvgIpc) is 3.06. The molecule has 0 radical (unpaired) electrons. The number of hydrazine groups is 1. The molecule has 2 saturated heterocycles. The monoisotopic (exact) mass is 716 g/mol. The first-order valence-electron chi connectivity index (χ1n) is 16.7. The highest BCUT2D eigenvalue weighted by atomic mass is 16.4. The summed E-state index contributed by atoms with van der Waals surface area (Å²) in [4.78, 5) is 71.5. The Morgan fingerprint density at radius 2 is 1.20 bits per heavy atom. The number of anilines is 4. The number of likely N-dealkylation sites (N-methyl/N-ethyl adjacent to an activating group) is 1. The first-order chi connectivity index (χ1) is 24.4. The third-order valence-electron chi connectivity index (χ3n) is 8.79. The Kier molecular flexibility index (Phi) is 14.6. The molecule has 280 valence electrons. The molecule has 20 nitrogen and oxygen atoms in total. The van der Waals surface area contributed by atoms with Crippen LogP contribution in [0.5, 0.6) is 0 Å². The van der Waals surface area contributed by atoms with E-state index in [4.69, 9.17) is 5.84 Å². The summed E-state index contributed by atoms with van der Waals surface area (Å²) in [5, 5.41) is 41.7. The van der Waals surface area contributed by atoms with Crippen LogP contribution in [-0.4, -0.2) is 195 Å². The van der Waals surface area contributed by atoms with Gasteiger partial charge in [0.1, 0.15) is 0 Å². The molecule has 20 heteroatoms. The van der Waals surface area contributed by atoms with E-state index in [1.54, 1.807) is 19.6 Å². The SMILES string of the molecule is CN1CCN(c2nc(NN)nc(Nc3ccc(CC4CN(CC(=O)O)CCN(CC(=O)O)CCN(CC(=O)O)CCN4CC(=O)O)cc3)n2)CC1. The molecule has 2 aliphatic rings. The molecule has 0 bridgehead atoms. The van der Waals surface area contributed by atoms with Crippen molar-refractivity contribution in [3.63, 3.8) is 0 Å². The number of aromatic nitrogens is 3. The van der Waals surface area contributed by atoms with E-state index in [2.05, 4.69) is 42.5 Å². The lowest BCUT2D eigenvalue weighted by molar-refractivity contribution is -0.142. The molecule has 1 unspecified atom stereocenters. The van der Waals surface area contributed by atoms with Crippen LogP contribution in [0.4, 0.5) is 23.5 Å². The predicted octanol–water partition coefficient (Wildman–Crippen LogP) is -1.88.